The number of aromatic nitrogens is 2. The molecule has 0 amide bonds. The van der Waals surface area contributed by atoms with Gasteiger partial charge in [-0.2, -0.15) is 5.10 Å². The summed E-state index contributed by atoms with van der Waals surface area (Å²) in [6, 6.07) is 7.78. The number of hydrogen-bond acceptors (Lipinski definition) is 2. The van der Waals surface area contributed by atoms with E-state index in [1.165, 1.54) is 0 Å². The van der Waals surface area contributed by atoms with Crippen LogP contribution < -0.4 is 5.73 Å². The molecular formula is C12H14ClN3. The molecule has 0 bridgehead atoms. The summed E-state index contributed by atoms with van der Waals surface area (Å²) in [7, 11) is 0. The number of halogens is 1. The molecule has 0 saturated carbocycles. The van der Waals surface area contributed by atoms with E-state index in [1.807, 2.05) is 42.1 Å². The van der Waals surface area contributed by atoms with Gasteiger partial charge in [-0.15, -0.1) is 0 Å². The molecule has 2 N–H and O–H groups in total. The van der Waals surface area contributed by atoms with E-state index in [4.69, 9.17) is 17.3 Å². The van der Waals surface area contributed by atoms with Crippen LogP contribution in [0.4, 0.5) is 0 Å². The molecule has 0 atom stereocenters. The highest BCUT2D eigenvalue weighted by molar-refractivity contribution is 6.31. The van der Waals surface area contributed by atoms with Gasteiger partial charge in [0.2, 0.25) is 0 Å². The van der Waals surface area contributed by atoms with Crippen LogP contribution in [0, 0.1) is 6.92 Å². The second kappa shape index (κ2) is 4.68. The van der Waals surface area contributed by atoms with E-state index < -0.39 is 0 Å². The molecule has 4 heteroatoms. The van der Waals surface area contributed by atoms with E-state index in [0.717, 1.165) is 28.4 Å². The molecule has 0 radical (unpaired) electrons. The fraction of sp³-hybridized carbons (Fsp3) is 0.250. The van der Waals surface area contributed by atoms with Crippen LogP contribution in [0.1, 0.15) is 11.3 Å². The van der Waals surface area contributed by atoms with Crippen LogP contribution in [0.5, 0.6) is 0 Å². The fourth-order valence-corrected chi connectivity index (χ4v) is 1.79. The Morgan fingerprint density at radius 2 is 2.19 bits per heavy atom. The molecule has 84 valence electrons. The molecule has 1 heterocycles. The van der Waals surface area contributed by atoms with Crippen molar-refractivity contribution in [2.24, 2.45) is 5.73 Å². The Labute approximate surface area is 99.8 Å². The first-order chi connectivity index (χ1) is 7.72. The molecular weight excluding hydrogens is 222 g/mol. The van der Waals surface area contributed by atoms with E-state index in [0.29, 0.717) is 6.54 Å². The Morgan fingerprint density at radius 1 is 1.38 bits per heavy atom. The highest BCUT2D eigenvalue weighted by Crippen LogP contribution is 2.21. The molecule has 2 rings (SSSR count). The molecule has 16 heavy (non-hydrogen) atoms. The zero-order valence-electron chi connectivity index (χ0n) is 9.15. The third-order valence-electron chi connectivity index (χ3n) is 2.53. The monoisotopic (exact) mass is 235 g/mol. The standard InChI is InChI=1S/C12H14ClN3/c1-9-11(13)3-2-4-12(9)16-8-6-10(15-16)5-7-14/h2-4,6,8H,5,7,14H2,1H3. The van der Waals surface area contributed by atoms with E-state index in [2.05, 4.69) is 5.10 Å². The zero-order valence-corrected chi connectivity index (χ0v) is 9.91. The number of nitrogens with two attached hydrogens (primary N) is 1. The van der Waals surface area contributed by atoms with Crippen LogP contribution in [0.25, 0.3) is 5.69 Å². The van der Waals surface area contributed by atoms with Crippen molar-refractivity contribution in [1.82, 2.24) is 9.78 Å². The van der Waals surface area contributed by atoms with Gasteiger partial charge < -0.3 is 5.73 Å². The van der Waals surface area contributed by atoms with Crippen LogP contribution in [-0.4, -0.2) is 16.3 Å². The molecule has 0 aliphatic carbocycles. The van der Waals surface area contributed by atoms with Crippen molar-refractivity contribution >= 4 is 11.6 Å². The molecule has 0 aliphatic heterocycles. The minimum Gasteiger partial charge on any atom is -0.330 e. The normalized spacial score (nSPS) is 10.7. The summed E-state index contributed by atoms with van der Waals surface area (Å²) in [5.74, 6) is 0. The van der Waals surface area contributed by atoms with Crippen molar-refractivity contribution < 1.29 is 0 Å². The first-order valence-corrected chi connectivity index (χ1v) is 5.60. The van der Waals surface area contributed by atoms with E-state index in [1.54, 1.807) is 0 Å². The summed E-state index contributed by atoms with van der Waals surface area (Å²) < 4.78 is 1.84. The second-order valence-electron chi connectivity index (χ2n) is 3.67. The van der Waals surface area contributed by atoms with Crippen molar-refractivity contribution in [1.29, 1.82) is 0 Å². The lowest BCUT2D eigenvalue weighted by Crippen LogP contribution is -2.04. The summed E-state index contributed by atoms with van der Waals surface area (Å²) in [6.45, 7) is 2.60. The minimum atomic E-state index is 0.617. The topological polar surface area (TPSA) is 43.8 Å². The average molecular weight is 236 g/mol. The van der Waals surface area contributed by atoms with Crippen LogP contribution in [0.15, 0.2) is 30.5 Å². The first kappa shape index (κ1) is 11.2. The van der Waals surface area contributed by atoms with Crippen LogP contribution >= 0.6 is 11.6 Å². The Morgan fingerprint density at radius 3 is 2.94 bits per heavy atom. The number of nitrogens with zero attached hydrogens (tertiary/aromatic N) is 2. The molecule has 1 aromatic heterocycles. The van der Waals surface area contributed by atoms with Crippen molar-refractivity contribution in [2.75, 3.05) is 6.54 Å². The van der Waals surface area contributed by atoms with Crippen molar-refractivity contribution in [3.8, 4) is 5.69 Å². The van der Waals surface area contributed by atoms with Gasteiger partial charge in [-0.05, 0) is 37.2 Å². The Hall–Kier alpha value is -1.32. The van der Waals surface area contributed by atoms with Gasteiger partial charge in [0.05, 0.1) is 11.4 Å². The Bertz CT molecular complexity index is 491. The molecule has 0 saturated heterocycles. The van der Waals surface area contributed by atoms with Crippen LogP contribution in [0.3, 0.4) is 0 Å². The molecule has 0 fully saturated rings. The molecule has 0 aliphatic rings. The number of benzene rings is 1. The van der Waals surface area contributed by atoms with Gasteiger partial charge in [0.1, 0.15) is 0 Å². The third kappa shape index (κ3) is 2.10. The lowest BCUT2D eigenvalue weighted by molar-refractivity contribution is 0.817. The van der Waals surface area contributed by atoms with Crippen molar-refractivity contribution in [2.45, 2.75) is 13.3 Å². The second-order valence-corrected chi connectivity index (χ2v) is 4.08. The molecule has 1 aromatic carbocycles. The van der Waals surface area contributed by atoms with Gasteiger partial charge >= 0.3 is 0 Å². The number of hydrogen-bond donors (Lipinski definition) is 1. The summed E-state index contributed by atoms with van der Waals surface area (Å²) in [4.78, 5) is 0. The minimum absolute atomic E-state index is 0.617. The summed E-state index contributed by atoms with van der Waals surface area (Å²) >= 11 is 6.07. The van der Waals surface area contributed by atoms with Crippen molar-refractivity contribution in [3.63, 3.8) is 0 Å². The van der Waals surface area contributed by atoms with Gasteiger partial charge in [-0.1, -0.05) is 17.7 Å². The van der Waals surface area contributed by atoms with Gasteiger partial charge in [0.25, 0.3) is 0 Å². The predicted molar refractivity (Wildman–Crippen MR) is 66.1 cm³/mol. The fourth-order valence-electron chi connectivity index (χ4n) is 1.62. The van der Waals surface area contributed by atoms with E-state index in [9.17, 15) is 0 Å². The SMILES string of the molecule is Cc1c(Cl)cccc1-n1ccc(CCN)n1. The van der Waals surface area contributed by atoms with Crippen LogP contribution in [-0.2, 0) is 6.42 Å². The largest absolute Gasteiger partial charge is 0.330 e. The summed E-state index contributed by atoms with van der Waals surface area (Å²) in [5.41, 5.74) is 8.54. The predicted octanol–water partition coefficient (Wildman–Crippen LogP) is 2.34. The van der Waals surface area contributed by atoms with Crippen molar-refractivity contribution in [3.05, 3.63) is 46.7 Å². The molecule has 0 unspecified atom stereocenters. The zero-order chi connectivity index (χ0) is 11.5. The first-order valence-electron chi connectivity index (χ1n) is 5.22. The maximum atomic E-state index is 6.07. The van der Waals surface area contributed by atoms with E-state index in [-0.39, 0.29) is 0 Å². The summed E-state index contributed by atoms with van der Waals surface area (Å²) in [5, 5.41) is 5.21. The molecule has 0 spiro atoms. The smallest absolute Gasteiger partial charge is 0.0689 e. The maximum Gasteiger partial charge on any atom is 0.0689 e. The van der Waals surface area contributed by atoms with E-state index >= 15 is 0 Å². The van der Waals surface area contributed by atoms with Gasteiger partial charge in [-0.25, -0.2) is 4.68 Å². The quantitative estimate of drug-likeness (QED) is 0.888. The third-order valence-corrected chi connectivity index (χ3v) is 2.94. The number of rotatable bonds is 3. The molecule has 3 nitrogen and oxygen atoms in total. The Kier molecular flexibility index (Phi) is 3.27. The lowest BCUT2D eigenvalue weighted by atomic mass is 10.2. The average Bonchev–Trinajstić information content (AvgIpc) is 2.71. The molecule has 2 aromatic rings. The van der Waals surface area contributed by atoms with Gasteiger partial charge in [0, 0.05) is 17.6 Å². The van der Waals surface area contributed by atoms with Gasteiger partial charge in [0.15, 0.2) is 0 Å². The highest BCUT2D eigenvalue weighted by atomic mass is 35.5. The van der Waals surface area contributed by atoms with Crippen LogP contribution in [0.2, 0.25) is 5.02 Å². The summed E-state index contributed by atoms with van der Waals surface area (Å²) in [6.07, 6.45) is 2.73. The van der Waals surface area contributed by atoms with Gasteiger partial charge in [-0.3, -0.25) is 0 Å². The Balaban J connectivity index is 2.39. The highest BCUT2D eigenvalue weighted by Gasteiger charge is 2.05. The lowest BCUT2D eigenvalue weighted by Gasteiger charge is -2.06. The maximum absolute atomic E-state index is 6.07.